The molecule has 0 N–H and O–H groups in total. The van der Waals surface area contributed by atoms with Crippen molar-refractivity contribution in [1.82, 2.24) is 4.90 Å². The summed E-state index contributed by atoms with van der Waals surface area (Å²) in [6.07, 6.45) is 0.625. The lowest BCUT2D eigenvalue weighted by molar-refractivity contribution is -0.122. The lowest BCUT2D eigenvalue weighted by atomic mass is 10.1. The smallest absolute Gasteiger partial charge is 0.269 e. The van der Waals surface area contributed by atoms with E-state index in [0.717, 1.165) is 10.5 Å². The van der Waals surface area contributed by atoms with Gasteiger partial charge in [0, 0.05) is 12.1 Å². The number of amides is 2. The van der Waals surface area contributed by atoms with Crippen LogP contribution >= 0.6 is 11.6 Å². The van der Waals surface area contributed by atoms with Gasteiger partial charge in [0.05, 0.1) is 0 Å². The van der Waals surface area contributed by atoms with Gasteiger partial charge in [-0.2, -0.15) is 0 Å². The average molecular weight is 188 g/mol. The Balaban J connectivity index is 2.89. The first-order chi connectivity index (χ1) is 5.54. The van der Waals surface area contributed by atoms with Crippen LogP contribution in [0.5, 0.6) is 0 Å². The molecule has 0 spiro atoms. The number of rotatable bonds is 0. The quantitative estimate of drug-likeness (QED) is 0.330. The Bertz CT molecular complexity index is 266. The van der Waals surface area contributed by atoms with Gasteiger partial charge in [-0.3, -0.25) is 14.5 Å². The van der Waals surface area contributed by atoms with Crippen molar-refractivity contribution in [1.29, 1.82) is 0 Å². The highest BCUT2D eigenvalue weighted by molar-refractivity contribution is 6.64. The third kappa shape index (κ3) is 1.50. The first-order valence-corrected chi connectivity index (χ1v) is 4.09. The summed E-state index contributed by atoms with van der Waals surface area (Å²) >= 11 is 5.19. The normalized spacial score (nSPS) is 17.1. The van der Waals surface area contributed by atoms with Crippen LogP contribution in [-0.4, -0.2) is 22.7 Å². The maximum Gasteiger partial charge on any atom is 0.323 e. The molecule has 12 heavy (non-hydrogen) atoms. The lowest BCUT2D eigenvalue weighted by Crippen LogP contribution is -2.27. The van der Waals surface area contributed by atoms with Crippen molar-refractivity contribution in [3.05, 3.63) is 11.1 Å². The van der Waals surface area contributed by atoms with Gasteiger partial charge < -0.3 is 0 Å². The zero-order valence-electron chi connectivity index (χ0n) is 7.06. The fraction of sp³-hybridized carbons (Fsp3) is 0.500. The number of carbonyl (C=O) groups excluding carboxylic acids is 2. The molecule has 0 aromatic carbocycles. The third-order valence-corrected chi connectivity index (χ3v) is 2.11. The summed E-state index contributed by atoms with van der Waals surface area (Å²) in [5.41, 5.74) is 1.67. The summed E-state index contributed by atoms with van der Waals surface area (Å²) in [5.74, 6) is -0.241. The average Bonchev–Trinajstić information content (AvgIpc) is 2.30. The van der Waals surface area contributed by atoms with Crippen LogP contribution in [0.1, 0.15) is 20.3 Å². The monoisotopic (exact) mass is 187 g/mol. The maximum atomic E-state index is 11.4. The molecule has 2 amide bonds. The molecule has 3 nitrogen and oxygen atoms in total. The van der Waals surface area contributed by atoms with Gasteiger partial charge in [-0.15, -0.1) is 0 Å². The molecule has 0 unspecified atom stereocenters. The number of halogens is 1. The standard InChI is InChI=1S/C8H10ClNO2/c1-5(2)6-3-4-10(7(6)11)8(9)12/h3-4H2,1-2H3. The van der Waals surface area contributed by atoms with E-state index in [1.54, 1.807) is 0 Å². The summed E-state index contributed by atoms with van der Waals surface area (Å²) in [6, 6.07) is 0. The Labute approximate surface area is 76.0 Å². The van der Waals surface area contributed by atoms with E-state index in [-0.39, 0.29) is 5.91 Å². The van der Waals surface area contributed by atoms with Crippen molar-refractivity contribution in [2.24, 2.45) is 0 Å². The molecule has 0 atom stereocenters. The van der Waals surface area contributed by atoms with E-state index in [2.05, 4.69) is 0 Å². The van der Waals surface area contributed by atoms with Crippen LogP contribution < -0.4 is 0 Å². The van der Waals surface area contributed by atoms with Crippen molar-refractivity contribution < 1.29 is 9.59 Å². The summed E-state index contributed by atoms with van der Waals surface area (Å²) in [6.45, 7) is 4.13. The number of hydrogen-bond acceptors (Lipinski definition) is 2. The van der Waals surface area contributed by atoms with Crippen LogP contribution in [0, 0.1) is 0 Å². The topological polar surface area (TPSA) is 37.4 Å². The minimum absolute atomic E-state index is 0.241. The van der Waals surface area contributed by atoms with Gasteiger partial charge in [0.1, 0.15) is 0 Å². The molecule has 1 saturated heterocycles. The fourth-order valence-corrected chi connectivity index (χ4v) is 1.39. The van der Waals surface area contributed by atoms with Gasteiger partial charge in [0.25, 0.3) is 5.91 Å². The Morgan fingerprint density at radius 1 is 1.50 bits per heavy atom. The minimum Gasteiger partial charge on any atom is -0.269 e. The predicted octanol–water partition coefficient (Wildman–Crippen LogP) is 1.91. The van der Waals surface area contributed by atoms with E-state index in [1.165, 1.54) is 0 Å². The first-order valence-electron chi connectivity index (χ1n) is 3.71. The van der Waals surface area contributed by atoms with Gasteiger partial charge in [-0.05, 0) is 31.9 Å². The Kier molecular flexibility index (Phi) is 2.52. The van der Waals surface area contributed by atoms with Gasteiger partial charge >= 0.3 is 5.37 Å². The van der Waals surface area contributed by atoms with Crippen molar-refractivity contribution in [3.8, 4) is 0 Å². The zero-order valence-corrected chi connectivity index (χ0v) is 7.81. The van der Waals surface area contributed by atoms with Gasteiger partial charge in [-0.1, -0.05) is 5.57 Å². The summed E-state index contributed by atoms with van der Waals surface area (Å²) < 4.78 is 0. The number of carbonyl (C=O) groups is 2. The molecule has 1 heterocycles. The number of allylic oxidation sites excluding steroid dienone is 1. The Hall–Kier alpha value is -0.830. The van der Waals surface area contributed by atoms with Crippen LogP contribution in [0.3, 0.4) is 0 Å². The lowest BCUT2D eigenvalue weighted by Gasteiger charge is -2.06. The number of hydrogen-bond donors (Lipinski definition) is 0. The molecule has 1 fully saturated rings. The SMILES string of the molecule is CC(C)=C1CCN(C(=O)Cl)C1=O. The van der Waals surface area contributed by atoms with E-state index in [4.69, 9.17) is 11.6 Å². The summed E-state index contributed by atoms with van der Waals surface area (Å²) in [7, 11) is 0. The number of nitrogens with zero attached hydrogens (tertiary/aromatic N) is 1. The van der Waals surface area contributed by atoms with Crippen molar-refractivity contribution in [3.63, 3.8) is 0 Å². The molecule has 0 aliphatic carbocycles. The zero-order chi connectivity index (χ0) is 9.30. The Morgan fingerprint density at radius 2 is 2.08 bits per heavy atom. The first kappa shape index (κ1) is 9.26. The Morgan fingerprint density at radius 3 is 2.33 bits per heavy atom. The van der Waals surface area contributed by atoms with Crippen molar-refractivity contribution in [2.75, 3.05) is 6.54 Å². The van der Waals surface area contributed by atoms with E-state index in [0.29, 0.717) is 18.5 Å². The molecule has 0 saturated carbocycles. The predicted molar refractivity (Wildman–Crippen MR) is 46.0 cm³/mol. The van der Waals surface area contributed by atoms with Gasteiger partial charge in [0.2, 0.25) is 0 Å². The molecule has 1 aliphatic rings. The molecule has 1 rings (SSSR count). The molecule has 0 aromatic rings. The van der Waals surface area contributed by atoms with Gasteiger partial charge in [0.15, 0.2) is 0 Å². The number of likely N-dealkylation sites (tertiary alicyclic amines) is 1. The molecule has 4 heteroatoms. The second kappa shape index (κ2) is 3.27. The second-order valence-electron chi connectivity index (χ2n) is 2.94. The highest BCUT2D eigenvalue weighted by Gasteiger charge is 2.30. The second-order valence-corrected chi connectivity index (χ2v) is 3.26. The summed E-state index contributed by atoms with van der Waals surface area (Å²) in [4.78, 5) is 23.1. The minimum atomic E-state index is -0.684. The molecule has 1 aliphatic heterocycles. The molecular weight excluding hydrogens is 178 g/mol. The largest absolute Gasteiger partial charge is 0.323 e. The molecule has 0 aromatic heterocycles. The highest BCUT2D eigenvalue weighted by Crippen LogP contribution is 2.21. The molecule has 0 radical (unpaired) electrons. The molecule has 0 bridgehead atoms. The maximum absolute atomic E-state index is 11.4. The van der Waals surface area contributed by atoms with Crippen LogP contribution in [-0.2, 0) is 4.79 Å². The van der Waals surface area contributed by atoms with E-state index in [9.17, 15) is 9.59 Å². The van der Waals surface area contributed by atoms with Crippen LogP contribution in [0.25, 0.3) is 0 Å². The van der Waals surface area contributed by atoms with Crippen LogP contribution in [0.2, 0.25) is 0 Å². The van der Waals surface area contributed by atoms with E-state index in [1.807, 2.05) is 13.8 Å². The third-order valence-electron chi connectivity index (χ3n) is 1.90. The van der Waals surface area contributed by atoms with Gasteiger partial charge in [-0.25, -0.2) is 0 Å². The van der Waals surface area contributed by atoms with Crippen LogP contribution in [0.15, 0.2) is 11.1 Å². The van der Waals surface area contributed by atoms with Crippen molar-refractivity contribution >= 4 is 22.9 Å². The molecule has 66 valence electrons. The summed E-state index contributed by atoms with van der Waals surface area (Å²) in [5, 5.41) is -0.684. The van der Waals surface area contributed by atoms with E-state index >= 15 is 0 Å². The van der Waals surface area contributed by atoms with Crippen molar-refractivity contribution in [2.45, 2.75) is 20.3 Å². The van der Waals surface area contributed by atoms with E-state index < -0.39 is 5.37 Å². The van der Waals surface area contributed by atoms with Crippen LogP contribution in [0.4, 0.5) is 4.79 Å². The number of imide groups is 1. The highest BCUT2D eigenvalue weighted by atomic mass is 35.5. The molecular formula is C8H10ClNO2. The fourth-order valence-electron chi connectivity index (χ4n) is 1.23.